The first-order valence-electron chi connectivity index (χ1n) is 14.0. The molecule has 0 aliphatic heterocycles. The van der Waals surface area contributed by atoms with Gasteiger partial charge in [0.15, 0.2) is 0 Å². The second-order valence-electron chi connectivity index (χ2n) is 9.74. The maximum absolute atomic E-state index is 13.0. The molecule has 0 heterocycles. The largest absolute Gasteiger partial charge is 0.508 e. The van der Waals surface area contributed by atoms with Crippen molar-refractivity contribution in [1.82, 2.24) is 15.5 Å². The van der Waals surface area contributed by atoms with Gasteiger partial charge in [0.05, 0.1) is 0 Å². The predicted molar refractivity (Wildman–Crippen MR) is 168 cm³/mol. The molecular weight excluding hydrogens is 546 g/mol. The average molecular weight is 584 g/mol. The molecule has 3 aromatic rings. The molecule has 0 radical (unpaired) electrons. The summed E-state index contributed by atoms with van der Waals surface area (Å²) in [6, 6.07) is 19.5. The van der Waals surface area contributed by atoms with Crippen molar-refractivity contribution in [3.63, 3.8) is 0 Å². The van der Waals surface area contributed by atoms with Crippen LogP contribution in [0.15, 0.2) is 91.0 Å². The molecule has 0 saturated carbocycles. The van der Waals surface area contributed by atoms with Crippen LogP contribution in [0.25, 0.3) is 18.2 Å². The smallest absolute Gasteiger partial charge is 0.246 e. The monoisotopic (exact) mass is 583 g/mol. The normalized spacial score (nSPS) is 11.3. The van der Waals surface area contributed by atoms with Crippen LogP contribution < -0.4 is 10.6 Å². The summed E-state index contributed by atoms with van der Waals surface area (Å²) in [5.41, 5.74) is 2.36. The van der Waals surface area contributed by atoms with Gasteiger partial charge < -0.3 is 30.9 Å². The maximum Gasteiger partial charge on any atom is 0.246 e. The highest BCUT2D eigenvalue weighted by Crippen LogP contribution is 2.13. The molecule has 3 aromatic carbocycles. The van der Waals surface area contributed by atoms with Gasteiger partial charge in [0.1, 0.15) is 17.2 Å². The van der Waals surface area contributed by atoms with E-state index in [1.807, 2.05) is 0 Å². The Hall–Kier alpha value is -5.31. The van der Waals surface area contributed by atoms with Crippen molar-refractivity contribution in [1.29, 1.82) is 0 Å². The van der Waals surface area contributed by atoms with Crippen molar-refractivity contribution in [2.75, 3.05) is 26.2 Å². The average Bonchev–Trinajstić information content (AvgIpc) is 3.01. The van der Waals surface area contributed by atoms with Gasteiger partial charge in [0.2, 0.25) is 17.7 Å². The van der Waals surface area contributed by atoms with E-state index in [2.05, 4.69) is 10.6 Å². The van der Waals surface area contributed by atoms with Crippen LogP contribution in [0.5, 0.6) is 17.2 Å². The number of rotatable bonds is 15. The van der Waals surface area contributed by atoms with Gasteiger partial charge in [-0.15, -0.1) is 0 Å². The van der Waals surface area contributed by atoms with Gasteiger partial charge in [-0.1, -0.05) is 36.4 Å². The molecule has 9 heteroatoms. The molecule has 0 bridgehead atoms. The van der Waals surface area contributed by atoms with Crippen molar-refractivity contribution in [2.45, 2.75) is 19.3 Å². The van der Waals surface area contributed by atoms with E-state index in [0.717, 1.165) is 16.7 Å². The summed E-state index contributed by atoms with van der Waals surface area (Å²) in [4.78, 5) is 39.0. The summed E-state index contributed by atoms with van der Waals surface area (Å²) in [6.45, 7) is 1.75. The maximum atomic E-state index is 13.0. The van der Waals surface area contributed by atoms with Crippen LogP contribution in [0.1, 0.15) is 36.0 Å². The number of phenols is 3. The van der Waals surface area contributed by atoms with Gasteiger partial charge in [-0.25, -0.2) is 0 Å². The van der Waals surface area contributed by atoms with Crippen LogP contribution in [-0.2, 0) is 14.4 Å². The number of amides is 3. The summed E-state index contributed by atoms with van der Waals surface area (Å²) in [5.74, 6) is -0.196. The minimum absolute atomic E-state index is 0.146. The van der Waals surface area contributed by atoms with Gasteiger partial charge in [0.25, 0.3) is 0 Å². The Labute approximate surface area is 251 Å². The molecule has 224 valence electrons. The SMILES string of the molecule is O=C(/C=C\c1ccc(O)cc1)NCCCCN(CCCNC(=O)/C=C/c1ccc(O)cc1)C(=O)/C=C/c1ccc(O)cc1. The zero-order valence-corrected chi connectivity index (χ0v) is 23.9. The van der Waals surface area contributed by atoms with E-state index in [0.29, 0.717) is 45.4 Å². The van der Waals surface area contributed by atoms with E-state index in [9.17, 15) is 29.7 Å². The number of carbonyl (C=O) groups excluding carboxylic acids is 3. The summed E-state index contributed by atoms with van der Waals surface area (Å²) in [7, 11) is 0. The fraction of sp³-hybridized carbons (Fsp3) is 0.206. The van der Waals surface area contributed by atoms with E-state index in [1.54, 1.807) is 95.9 Å². The summed E-state index contributed by atoms with van der Waals surface area (Å²) in [6.07, 6.45) is 11.2. The summed E-state index contributed by atoms with van der Waals surface area (Å²) >= 11 is 0. The quantitative estimate of drug-likeness (QED) is 0.132. The highest BCUT2D eigenvalue weighted by atomic mass is 16.3. The molecule has 0 fully saturated rings. The zero-order chi connectivity index (χ0) is 30.9. The lowest BCUT2D eigenvalue weighted by Crippen LogP contribution is -2.34. The number of nitrogens with one attached hydrogen (secondary N) is 2. The van der Waals surface area contributed by atoms with Crippen molar-refractivity contribution in [3.8, 4) is 17.2 Å². The fourth-order valence-electron chi connectivity index (χ4n) is 3.94. The third kappa shape index (κ3) is 12.8. The van der Waals surface area contributed by atoms with Crippen LogP contribution in [0, 0.1) is 0 Å². The Bertz CT molecular complexity index is 1410. The van der Waals surface area contributed by atoms with Crippen LogP contribution in [0.2, 0.25) is 0 Å². The Morgan fingerprint density at radius 2 is 0.907 bits per heavy atom. The number of nitrogens with zero attached hydrogens (tertiary/aromatic N) is 1. The Morgan fingerprint density at radius 1 is 0.535 bits per heavy atom. The lowest BCUT2D eigenvalue weighted by molar-refractivity contribution is -0.126. The van der Waals surface area contributed by atoms with Crippen molar-refractivity contribution >= 4 is 35.9 Å². The number of hydrogen-bond donors (Lipinski definition) is 5. The molecule has 0 aliphatic rings. The van der Waals surface area contributed by atoms with Gasteiger partial charge in [-0.3, -0.25) is 14.4 Å². The van der Waals surface area contributed by atoms with Crippen molar-refractivity contribution in [2.24, 2.45) is 0 Å². The van der Waals surface area contributed by atoms with Gasteiger partial charge in [0, 0.05) is 44.4 Å². The van der Waals surface area contributed by atoms with E-state index < -0.39 is 0 Å². The first-order chi connectivity index (χ1) is 20.8. The van der Waals surface area contributed by atoms with Crippen LogP contribution in [-0.4, -0.2) is 64.1 Å². The zero-order valence-electron chi connectivity index (χ0n) is 23.9. The third-order valence-electron chi connectivity index (χ3n) is 6.32. The van der Waals surface area contributed by atoms with Crippen molar-refractivity contribution in [3.05, 3.63) is 108 Å². The number of benzene rings is 3. The third-order valence-corrected chi connectivity index (χ3v) is 6.32. The van der Waals surface area contributed by atoms with Gasteiger partial charge in [-0.2, -0.15) is 0 Å². The lowest BCUT2D eigenvalue weighted by atomic mass is 10.2. The molecule has 43 heavy (non-hydrogen) atoms. The minimum atomic E-state index is -0.256. The fourth-order valence-corrected chi connectivity index (χ4v) is 3.94. The van der Waals surface area contributed by atoms with E-state index >= 15 is 0 Å². The molecule has 3 rings (SSSR count). The van der Waals surface area contributed by atoms with Crippen LogP contribution in [0.4, 0.5) is 0 Å². The standard InChI is InChI=1S/C34H37N3O6/c38-29-13-4-26(5-14-29)10-19-32(41)35-22-1-2-24-37(34(43)21-12-28-8-17-31(40)18-9-28)25-3-23-36-33(42)20-11-27-6-15-30(39)16-7-27/h4-21,38-40H,1-3,22-25H2,(H,35,41)(H,36,42)/b19-10-,20-11+,21-12+. The minimum Gasteiger partial charge on any atom is -0.508 e. The molecule has 9 nitrogen and oxygen atoms in total. The molecule has 0 spiro atoms. The highest BCUT2D eigenvalue weighted by molar-refractivity contribution is 5.93. The van der Waals surface area contributed by atoms with Gasteiger partial charge in [-0.05, 0) is 90.6 Å². The van der Waals surface area contributed by atoms with Crippen LogP contribution in [0.3, 0.4) is 0 Å². The number of aromatic hydroxyl groups is 3. The lowest BCUT2D eigenvalue weighted by Gasteiger charge is -2.21. The second-order valence-corrected chi connectivity index (χ2v) is 9.74. The summed E-state index contributed by atoms with van der Waals surface area (Å²) in [5, 5.41) is 33.8. The molecule has 5 N–H and O–H groups in total. The molecule has 3 amide bonds. The number of phenolic OH excluding ortho intramolecular Hbond substituents is 3. The van der Waals surface area contributed by atoms with Crippen molar-refractivity contribution < 1.29 is 29.7 Å². The number of carbonyl (C=O) groups is 3. The van der Waals surface area contributed by atoms with E-state index in [1.165, 1.54) is 18.2 Å². The van der Waals surface area contributed by atoms with E-state index in [-0.39, 0.29) is 35.0 Å². The molecule has 0 saturated heterocycles. The predicted octanol–water partition coefficient (Wildman–Crippen LogP) is 4.47. The topological polar surface area (TPSA) is 139 Å². The highest BCUT2D eigenvalue weighted by Gasteiger charge is 2.11. The Balaban J connectivity index is 1.45. The second kappa shape index (κ2) is 17.5. The molecule has 0 aliphatic carbocycles. The molecule has 0 aromatic heterocycles. The molecule has 0 atom stereocenters. The summed E-state index contributed by atoms with van der Waals surface area (Å²) < 4.78 is 0. The van der Waals surface area contributed by atoms with E-state index in [4.69, 9.17) is 0 Å². The number of unbranched alkanes of at least 4 members (excludes halogenated alkanes) is 1. The number of hydrogen-bond acceptors (Lipinski definition) is 6. The molecular formula is C34H37N3O6. The first-order valence-corrected chi connectivity index (χ1v) is 14.0. The Kier molecular flexibility index (Phi) is 13.1. The first kappa shape index (κ1) is 32.2. The van der Waals surface area contributed by atoms with Gasteiger partial charge >= 0.3 is 0 Å². The Morgan fingerprint density at radius 3 is 1.35 bits per heavy atom. The van der Waals surface area contributed by atoms with Crippen LogP contribution >= 0.6 is 0 Å². The molecule has 0 unspecified atom stereocenters.